The first-order valence-corrected chi connectivity index (χ1v) is 13.0. The summed E-state index contributed by atoms with van der Waals surface area (Å²) in [5.74, 6) is -1.12. The van der Waals surface area contributed by atoms with Gasteiger partial charge in [-0.2, -0.15) is 0 Å². The average Bonchev–Trinajstić information content (AvgIpc) is 3.02. The fourth-order valence-corrected chi connectivity index (χ4v) is 8.38. The molecule has 7 heteroatoms. The summed E-state index contributed by atoms with van der Waals surface area (Å²) >= 11 is 0. The maximum atomic E-state index is 13.2. The van der Waals surface area contributed by atoms with Gasteiger partial charge in [0.15, 0.2) is 5.78 Å². The van der Waals surface area contributed by atoms with Crippen molar-refractivity contribution in [1.29, 1.82) is 0 Å². The molecule has 0 heterocycles. The van der Waals surface area contributed by atoms with Gasteiger partial charge in [-0.1, -0.05) is 13.8 Å². The minimum absolute atomic E-state index is 0.0993. The molecule has 10 atom stereocenters. The molecule has 0 spiro atoms. The Morgan fingerprint density at radius 1 is 1.03 bits per heavy atom. The third-order valence-electron chi connectivity index (χ3n) is 10.6. The molecule has 0 radical (unpaired) electrons. The van der Waals surface area contributed by atoms with Crippen LogP contribution in [0.3, 0.4) is 0 Å². The lowest BCUT2D eigenvalue weighted by Gasteiger charge is -2.61. The maximum Gasteiger partial charge on any atom is 0.159 e. The highest BCUT2D eigenvalue weighted by Gasteiger charge is 2.69. The summed E-state index contributed by atoms with van der Waals surface area (Å²) in [5, 5.41) is 66.3. The van der Waals surface area contributed by atoms with Crippen LogP contribution in [0, 0.1) is 28.6 Å². The van der Waals surface area contributed by atoms with E-state index >= 15 is 0 Å². The molecule has 0 amide bonds. The number of ketones is 1. The van der Waals surface area contributed by atoms with Gasteiger partial charge in [0, 0.05) is 16.7 Å². The Bertz CT molecular complexity index is 860. The van der Waals surface area contributed by atoms with Crippen molar-refractivity contribution in [3.05, 3.63) is 11.6 Å². The fraction of sp³-hybridized carbons (Fsp3) is 0.889. The SMILES string of the molecule is CC(C)(O)CC[C@@H](O)[C@](C)(O)[C@H]1CC[C@@]2(O)C3=CC(=O)[C@@H]4CC[C@@H](O)[C@@H](O)[C@]4(C)[C@H]3CC[C@]12C. The van der Waals surface area contributed by atoms with Crippen LogP contribution in [0.25, 0.3) is 0 Å². The van der Waals surface area contributed by atoms with E-state index < -0.39 is 51.9 Å². The molecular weight excluding hydrogens is 436 g/mol. The number of rotatable bonds is 5. The molecule has 7 nitrogen and oxygen atoms in total. The van der Waals surface area contributed by atoms with Gasteiger partial charge in [-0.05, 0) is 95.6 Å². The lowest BCUT2D eigenvalue weighted by Crippen LogP contribution is -2.65. The molecule has 6 N–H and O–H groups in total. The Balaban J connectivity index is 1.68. The number of hydrogen-bond acceptors (Lipinski definition) is 7. The van der Waals surface area contributed by atoms with Crippen molar-refractivity contribution in [3.8, 4) is 0 Å². The third-order valence-corrected chi connectivity index (χ3v) is 10.6. The van der Waals surface area contributed by atoms with Crippen molar-refractivity contribution in [3.63, 3.8) is 0 Å². The molecule has 0 aromatic rings. The van der Waals surface area contributed by atoms with E-state index in [1.807, 2.05) is 13.8 Å². The van der Waals surface area contributed by atoms with Gasteiger partial charge in [0.05, 0.1) is 35.1 Å². The van der Waals surface area contributed by atoms with Crippen LogP contribution in [0.5, 0.6) is 0 Å². The number of fused-ring (bicyclic) bond motifs is 5. The largest absolute Gasteiger partial charge is 0.390 e. The molecule has 0 unspecified atom stereocenters. The van der Waals surface area contributed by atoms with Crippen molar-refractivity contribution < 1.29 is 35.4 Å². The molecule has 0 aromatic carbocycles. The standard InChI is InChI=1S/C27H44O7/c1-23(2,32)11-10-21(30)26(5,33)20-9-13-27(34)17-14-19(29)16-6-7-18(28)22(31)25(16,4)15(17)8-12-24(20,27)3/h14-16,18,20-22,28,30-34H,6-13H2,1-5H3/t15-,16-,18+,20-,21+,22+,24+,25+,26+,27+/m0/s1. The smallest absolute Gasteiger partial charge is 0.159 e. The second-order valence-corrected chi connectivity index (χ2v) is 13.1. The monoisotopic (exact) mass is 480 g/mol. The molecular formula is C27H44O7. The molecule has 0 aromatic heterocycles. The molecule has 3 fully saturated rings. The molecule has 0 saturated heterocycles. The van der Waals surface area contributed by atoms with Crippen molar-refractivity contribution in [1.82, 2.24) is 0 Å². The minimum atomic E-state index is -1.48. The highest BCUT2D eigenvalue weighted by atomic mass is 16.3. The summed E-state index contributed by atoms with van der Waals surface area (Å²) in [5.41, 5.74) is -4.77. The van der Waals surface area contributed by atoms with Gasteiger partial charge in [0.1, 0.15) is 0 Å². The summed E-state index contributed by atoms with van der Waals surface area (Å²) in [6.07, 6.45) is 2.12. The summed E-state index contributed by atoms with van der Waals surface area (Å²) in [4.78, 5) is 13.2. The first kappa shape index (κ1) is 26.2. The van der Waals surface area contributed by atoms with Crippen LogP contribution in [-0.2, 0) is 4.79 Å². The first-order chi connectivity index (χ1) is 15.5. The van der Waals surface area contributed by atoms with Crippen molar-refractivity contribution in [2.24, 2.45) is 28.6 Å². The Labute approximate surface area is 202 Å². The second-order valence-electron chi connectivity index (χ2n) is 13.1. The van der Waals surface area contributed by atoms with E-state index in [0.29, 0.717) is 50.5 Å². The molecule has 34 heavy (non-hydrogen) atoms. The summed E-state index contributed by atoms with van der Waals surface area (Å²) in [6.45, 7) is 8.79. The topological polar surface area (TPSA) is 138 Å². The molecule has 4 aliphatic carbocycles. The molecule has 0 aliphatic heterocycles. The van der Waals surface area contributed by atoms with Crippen molar-refractivity contribution >= 4 is 5.78 Å². The highest BCUT2D eigenvalue weighted by molar-refractivity contribution is 5.95. The summed E-state index contributed by atoms with van der Waals surface area (Å²) in [6, 6.07) is 0. The van der Waals surface area contributed by atoms with Gasteiger partial charge in [-0.25, -0.2) is 0 Å². The van der Waals surface area contributed by atoms with Gasteiger partial charge >= 0.3 is 0 Å². The lowest BCUT2D eigenvalue weighted by atomic mass is 9.45. The summed E-state index contributed by atoms with van der Waals surface area (Å²) in [7, 11) is 0. The van der Waals surface area contributed by atoms with E-state index in [9.17, 15) is 35.4 Å². The highest BCUT2D eigenvalue weighted by Crippen LogP contribution is 2.68. The zero-order chi connectivity index (χ0) is 25.5. The van der Waals surface area contributed by atoms with Crippen molar-refractivity contribution in [2.45, 2.75) is 121 Å². The van der Waals surface area contributed by atoms with Gasteiger partial charge in [0.25, 0.3) is 0 Å². The first-order valence-electron chi connectivity index (χ1n) is 13.0. The normalized spacial score (nSPS) is 47.2. The maximum absolute atomic E-state index is 13.2. The lowest BCUT2D eigenvalue weighted by molar-refractivity contribution is -0.188. The van der Waals surface area contributed by atoms with E-state index in [1.165, 1.54) is 0 Å². The molecule has 4 rings (SSSR count). The van der Waals surface area contributed by atoms with Crippen LogP contribution < -0.4 is 0 Å². The van der Waals surface area contributed by atoms with Gasteiger partial charge in [-0.3, -0.25) is 4.79 Å². The number of carbonyl (C=O) groups is 1. The zero-order valence-corrected chi connectivity index (χ0v) is 21.3. The fourth-order valence-electron chi connectivity index (χ4n) is 8.38. The number of hydrogen-bond donors (Lipinski definition) is 6. The Morgan fingerprint density at radius 3 is 2.29 bits per heavy atom. The second kappa shape index (κ2) is 8.09. The number of aliphatic hydroxyl groups is 6. The molecule has 4 aliphatic rings. The number of carbonyl (C=O) groups excluding carboxylic acids is 1. The molecule has 3 saturated carbocycles. The van der Waals surface area contributed by atoms with E-state index in [4.69, 9.17) is 0 Å². The zero-order valence-electron chi connectivity index (χ0n) is 21.3. The van der Waals surface area contributed by atoms with Crippen LogP contribution >= 0.6 is 0 Å². The Hall–Kier alpha value is -0.830. The number of aliphatic hydroxyl groups excluding tert-OH is 3. The summed E-state index contributed by atoms with van der Waals surface area (Å²) < 4.78 is 0. The molecule has 0 bridgehead atoms. The van der Waals surface area contributed by atoms with E-state index in [2.05, 4.69) is 0 Å². The van der Waals surface area contributed by atoms with E-state index in [0.717, 1.165) is 0 Å². The van der Waals surface area contributed by atoms with Crippen LogP contribution in [0.1, 0.15) is 86.0 Å². The van der Waals surface area contributed by atoms with Crippen molar-refractivity contribution in [2.75, 3.05) is 0 Å². The number of allylic oxidation sites excluding steroid dienone is 1. The quantitative estimate of drug-likeness (QED) is 0.353. The van der Waals surface area contributed by atoms with Gasteiger partial charge < -0.3 is 30.6 Å². The molecule has 194 valence electrons. The minimum Gasteiger partial charge on any atom is -0.390 e. The third kappa shape index (κ3) is 3.57. The van der Waals surface area contributed by atoms with E-state index in [-0.39, 0.29) is 24.0 Å². The average molecular weight is 481 g/mol. The predicted molar refractivity (Wildman–Crippen MR) is 127 cm³/mol. The van der Waals surface area contributed by atoms with Gasteiger partial charge in [-0.15, -0.1) is 0 Å². The predicted octanol–water partition coefficient (Wildman–Crippen LogP) is 1.85. The van der Waals surface area contributed by atoms with Crippen LogP contribution in [0.15, 0.2) is 11.6 Å². The van der Waals surface area contributed by atoms with Crippen LogP contribution in [-0.4, -0.2) is 71.5 Å². The van der Waals surface area contributed by atoms with Gasteiger partial charge in [0.2, 0.25) is 0 Å². The van der Waals surface area contributed by atoms with Crippen LogP contribution in [0.2, 0.25) is 0 Å². The van der Waals surface area contributed by atoms with E-state index in [1.54, 1.807) is 26.8 Å². The Morgan fingerprint density at radius 2 is 1.68 bits per heavy atom. The van der Waals surface area contributed by atoms with Crippen LogP contribution in [0.4, 0.5) is 0 Å². The Kier molecular flexibility index (Phi) is 6.24.